The lowest BCUT2D eigenvalue weighted by atomic mass is 10.1. The van der Waals surface area contributed by atoms with Gasteiger partial charge in [0.2, 0.25) is 11.8 Å². The van der Waals surface area contributed by atoms with Crippen molar-refractivity contribution in [3.05, 3.63) is 62.4 Å². The summed E-state index contributed by atoms with van der Waals surface area (Å²) in [5, 5.41) is 7.79. The van der Waals surface area contributed by atoms with E-state index < -0.39 is 11.2 Å². The van der Waals surface area contributed by atoms with E-state index in [-0.39, 0.29) is 29.5 Å². The van der Waals surface area contributed by atoms with Crippen LogP contribution < -0.4 is 21.9 Å². The minimum absolute atomic E-state index is 0.0528. The number of carbonyl (C=O) groups is 2. The zero-order valence-corrected chi connectivity index (χ0v) is 19.7. The molecule has 0 saturated heterocycles. The molecule has 0 aliphatic heterocycles. The molecule has 0 saturated carbocycles. The molecule has 2 N–H and O–H groups in total. The van der Waals surface area contributed by atoms with Crippen LogP contribution in [-0.4, -0.2) is 42.0 Å². The quantitative estimate of drug-likeness (QED) is 0.403. The summed E-state index contributed by atoms with van der Waals surface area (Å²) in [5.41, 5.74) is 2.13. The molecule has 4 aromatic rings. The molecule has 34 heavy (non-hydrogen) atoms. The third-order valence-electron chi connectivity index (χ3n) is 5.32. The van der Waals surface area contributed by atoms with Crippen LogP contribution in [0, 0.1) is 0 Å². The van der Waals surface area contributed by atoms with Gasteiger partial charge in [0.05, 0.1) is 12.0 Å². The second kappa shape index (κ2) is 9.43. The molecule has 0 bridgehead atoms. The van der Waals surface area contributed by atoms with E-state index >= 15 is 0 Å². The van der Waals surface area contributed by atoms with E-state index in [0.717, 1.165) is 27.8 Å². The molecule has 0 aliphatic carbocycles. The van der Waals surface area contributed by atoms with Crippen LogP contribution in [0.15, 0.2) is 45.6 Å². The molecule has 3 heterocycles. The SMILES string of the molecule is CC(=O)NCCc1ccc(-c2csc(NC(=O)Cn3cnc4c3c(=O)n(C)c(=O)n4C)n2)cc1. The largest absolute Gasteiger partial charge is 0.356 e. The number of carbonyl (C=O) groups excluding carboxylic acids is 2. The van der Waals surface area contributed by atoms with Crippen LogP contribution in [0.5, 0.6) is 0 Å². The van der Waals surface area contributed by atoms with Crippen molar-refractivity contribution in [3.63, 3.8) is 0 Å². The lowest BCUT2D eigenvalue weighted by Crippen LogP contribution is -2.37. The number of hydrogen-bond acceptors (Lipinski definition) is 7. The van der Waals surface area contributed by atoms with Crippen molar-refractivity contribution < 1.29 is 9.59 Å². The highest BCUT2D eigenvalue weighted by molar-refractivity contribution is 7.14. The molecule has 176 valence electrons. The minimum atomic E-state index is -0.513. The van der Waals surface area contributed by atoms with Crippen molar-refractivity contribution in [2.75, 3.05) is 11.9 Å². The summed E-state index contributed by atoms with van der Waals surface area (Å²) in [6, 6.07) is 7.85. The number of imidazole rings is 1. The van der Waals surface area contributed by atoms with Gasteiger partial charge >= 0.3 is 5.69 Å². The van der Waals surface area contributed by atoms with Crippen molar-refractivity contribution >= 4 is 39.4 Å². The average Bonchev–Trinajstić information content (AvgIpc) is 3.44. The third-order valence-corrected chi connectivity index (χ3v) is 6.08. The molecule has 0 fully saturated rings. The minimum Gasteiger partial charge on any atom is -0.356 e. The van der Waals surface area contributed by atoms with E-state index in [4.69, 9.17) is 0 Å². The van der Waals surface area contributed by atoms with Crippen LogP contribution in [0.3, 0.4) is 0 Å². The third kappa shape index (κ3) is 4.66. The molecule has 12 heteroatoms. The van der Waals surface area contributed by atoms with Crippen molar-refractivity contribution in [1.29, 1.82) is 0 Å². The maximum atomic E-state index is 12.6. The molecule has 0 radical (unpaired) electrons. The maximum absolute atomic E-state index is 12.6. The standard InChI is InChI=1S/C22H23N7O4S/c1-13(30)23-9-8-14-4-6-15(7-5-14)16-11-34-21(25-16)26-17(31)10-29-12-24-19-18(29)20(32)28(3)22(33)27(19)2/h4-7,11-12H,8-10H2,1-3H3,(H,23,30)(H,25,26,31). The fraction of sp³-hybridized carbons (Fsp3) is 0.273. The number of nitrogens with one attached hydrogen (secondary N) is 2. The summed E-state index contributed by atoms with van der Waals surface area (Å²) in [4.78, 5) is 56.8. The molecule has 4 rings (SSSR count). The number of aromatic nitrogens is 5. The van der Waals surface area contributed by atoms with Gasteiger partial charge in [-0.2, -0.15) is 0 Å². The van der Waals surface area contributed by atoms with E-state index in [9.17, 15) is 19.2 Å². The van der Waals surface area contributed by atoms with Gasteiger partial charge in [-0.15, -0.1) is 11.3 Å². The monoisotopic (exact) mass is 481 g/mol. The Morgan fingerprint density at radius 3 is 2.53 bits per heavy atom. The molecule has 3 aromatic heterocycles. The summed E-state index contributed by atoms with van der Waals surface area (Å²) >= 11 is 1.29. The second-order valence-corrected chi connectivity index (χ2v) is 8.62. The Hall–Kier alpha value is -4.06. The summed E-state index contributed by atoms with van der Waals surface area (Å²) < 4.78 is 3.67. The Morgan fingerprint density at radius 2 is 1.82 bits per heavy atom. The van der Waals surface area contributed by atoms with Crippen molar-refractivity contribution in [2.24, 2.45) is 14.1 Å². The molecule has 0 spiro atoms. The van der Waals surface area contributed by atoms with Gasteiger partial charge in [-0.25, -0.2) is 14.8 Å². The van der Waals surface area contributed by atoms with Crippen LogP contribution in [0.25, 0.3) is 22.4 Å². The summed E-state index contributed by atoms with van der Waals surface area (Å²) in [6.45, 7) is 1.92. The summed E-state index contributed by atoms with van der Waals surface area (Å²) in [5.74, 6) is -0.424. The first kappa shape index (κ1) is 23.1. The average molecular weight is 482 g/mol. The predicted molar refractivity (Wildman–Crippen MR) is 129 cm³/mol. The number of amides is 2. The first-order valence-electron chi connectivity index (χ1n) is 10.4. The van der Waals surface area contributed by atoms with Gasteiger partial charge in [-0.05, 0) is 12.0 Å². The Kier molecular flexibility index (Phi) is 6.41. The molecule has 0 aliphatic rings. The number of aryl methyl sites for hydroxylation is 1. The first-order chi connectivity index (χ1) is 16.2. The molecular weight excluding hydrogens is 458 g/mol. The molecule has 11 nitrogen and oxygen atoms in total. The van der Waals surface area contributed by atoms with Gasteiger partial charge < -0.3 is 15.2 Å². The van der Waals surface area contributed by atoms with E-state index in [1.165, 1.54) is 47.8 Å². The highest BCUT2D eigenvalue weighted by atomic mass is 32.1. The number of fused-ring (bicyclic) bond motifs is 1. The number of thiazole rings is 1. The summed E-state index contributed by atoms with van der Waals surface area (Å²) in [7, 11) is 2.91. The Balaban J connectivity index is 1.44. The maximum Gasteiger partial charge on any atom is 0.332 e. The van der Waals surface area contributed by atoms with Crippen LogP contribution in [0.1, 0.15) is 12.5 Å². The molecule has 0 unspecified atom stereocenters. The van der Waals surface area contributed by atoms with E-state index in [1.54, 1.807) is 0 Å². The van der Waals surface area contributed by atoms with Gasteiger partial charge in [-0.1, -0.05) is 24.3 Å². The smallest absolute Gasteiger partial charge is 0.332 e. The summed E-state index contributed by atoms with van der Waals surface area (Å²) in [6.07, 6.45) is 2.10. The predicted octanol–water partition coefficient (Wildman–Crippen LogP) is 0.875. The Morgan fingerprint density at radius 1 is 1.09 bits per heavy atom. The van der Waals surface area contributed by atoms with E-state index in [0.29, 0.717) is 11.7 Å². The Labute approximate surface area is 197 Å². The van der Waals surface area contributed by atoms with Crippen molar-refractivity contribution in [3.8, 4) is 11.3 Å². The molecule has 0 atom stereocenters. The van der Waals surface area contributed by atoms with Gasteiger partial charge in [0, 0.05) is 38.5 Å². The zero-order chi connectivity index (χ0) is 24.4. The number of benzene rings is 1. The highest BCUT2D eigenvalue weighted by Gasteiger charge is 2.16. The van der Waals surface area contributed by atoms with E-state index in [2.05, 4.69) is 20.6 Å². The number of anilines is 1. The van der Waals surface area contributed by atoms with Gasteiger partial charge in [0.25, 0.3) is 5.56 Å². The normalized spacial score (nSPS) is 11.0. The highest BCUT2D eigenvalue weighted by Crippen LogP contribution is 2.25. The lowest BCUT2D eigenvalue weighted by molar-refractivity contribution is -0.119. The number of hydrogen-bond donors (Lipinski definition) is 2. The number of rotatable bonds is 7. The van der Waals surface area contributed by atoms with Crippen LogP contribution in [0.2, 0.25) is 0 Å². The topological polar surface area (TPSA) is 133 Å². The van der Waals surface area contributed by atoms with E-state index in [1.807, 2.05) is 29.6 Å². The molecular formula is C22H23N7O4S. The van der Waals surface area contributed by atoms with Crippen LogP contribution in [-0.2, 0) is 36.6 Å². The number of nitrogens with zero attached hydrogens (tertiary/aromatic N) is 5. The Bertz CT molecular complexity index is 1490. The molecule has 2 amide bonds. The van der Waals surface area contributed by atoms with Gasteiger partial charge in [-0.3, -0.25) is 23.5 Å². The lowest BCUT2D eigenvalue weighted by Gasteiger charge is -2.06. The van der Waals surface area contributed by atoms with Crippen LogP contribution in [0.4, 0.5) is 5.13 Å². The van der Waals surface area contributed by atoms with Crippen molar-refractivity contribution in [1.82, 2.24) is 29.0 Å². The van der Waals surface area contributed by atoms with Crippen molar-refractivity contribution in [2.45, 2.75) is 19.9 Å². The first-order valence-corrected chi connectivity index (χ1v) is 11.3. The fourth-order valence-electron chi connectivity index (χ4n) is 3.52. The second-order valence-electron chi connectivity index (χ2n) is 7.77. The van der Waals surface area contributed by atoms with Crippen LogP contribution >= 0.6 is 11.3 Å². The molecule has 1 aromatic carbocycles. The van der Waals surface area contributed by atoms with Gasteiger partial charge in [0.1, 0.15) is 6.54 Å². The van der Waals surface area contributed by atoms with Gasteiger partial charge in [0.15, 0.2) is 16.3 Å². The zero-order valence-electron chi connectivity index (χ0n) is 18.9. The fourth-order valence-corrected chi connectivity index (χ4v) is 4.26.